The maximum absolute atomic E-state index is 12.8. The lowest BCUT2D eigenvalue weighted by Gasteiger charge is -2.32. The minimum Gasteiger partial charge on any atom is -0.466 e. The highest BCUT2D eigenvalue weighted by atomic mass is 32.1. The number of rotatable bonds is 5. The molecule has 0 bridgehead atoms. The fraction of sp³-hybridized carbons (Fsp3) is 0.474. The molecule has 0 unspecified atom stereocenters. The summed E-state index contributed by atoms with van der Waals surface area (Å²) in [4.78, 5) is 47.2. The molecule has 0 radical (unpaired) electrons. The Hall–Kier alpha value is -2.46. The first-order valence-electron chi connectivity index (χ1n) is 9.53. The van der Waals surface area contributed by atoms with Gasteiger partial charge in [0.15, 0.2) is 4.96 Å². The number of piperidine rings is 1. The Morgan fingerprint density at radius 3 is 2.79 bits per heavy atom. The van der Waals surface area contributed by atoms with Crippen molar-refractivity contribution in [2.75, 3.05) is 33.3 Å². The Balaban J connectivity index is 1.35. The van der Waals surface area contributed by atoms with Crippen LogP contribution in [0.25, 0.3) is 15.3 Å². The minimum absolute atomic E-state index is 0.0134. The number of fused-ring (bicyclic) bond motifs is 3. The molecule has 8 nitrogen and oxygen atoms in total. The van der Waals surface area contributed by atoms with Crippen molar-refractivity contribution in [3.8, 4) is 0 Å². The summed E-state index contributed by atoms with van der Waals surface area (Å²) in [6, 6.07) is 1.83. The van der Waals surface area contributed by atoms with Crippen molar-refractivity contribution in [2.24, 2.45) is 5.92 Å². The molecule has 1 saturated heterocycles. The van der Waals surface area contributed by atoms with Crippen molar-refractivity contribution < 1.29 is 19.1 Å². The molecule has 3 aromatic rings. The third kappa shape index (κ3) is 3.86. The highest BCUT2D eigenvalue weighted by molar-refractivity contribution is 7.21. The summed E-state index contributed by atoms with van der Waals surface area (Å²) >= 11 is 2.89. The van der Waals surface area contributed by atoms with Gasteiger partial charge in [-0.3, -0.25) is 18.8 Å². The molecule has 0 spiro atoms. The van der Waals surface area contributed by atoms with Crippen LogP contribution in [-0.4, -0.2) is 70.3 Å². The fourth-order valence-electron chi connectivity index (χ4n) is 3.54. The van der Waals surface area contributed by atoms with Crippen molar-refractivity contribution in [1.29, 1.82) is 0 Å². The summed E-state index contributed by atoms with van der Waals surface area (Å²) < 4.78 is 7.03. The smallest absolute Gasteiger partial charge is 0.309 e. The molecule has 29 heavy (non-hydrogen) atoms. The predicted octanol–water partition coefficient (Wildman–Crippen LogP) is 2.48. The van der Waals surface area contributed by atoms with Crippen LogP contribution in [0, 0.1) is 5.92 Å². The van der Waals surface area contributed by atoms with E-state index in [1.165, 1.54) is 16.2 Å². The lowest BCUT2D eigenvalue weighted by Crippen LogP contribution is -2.45. The van der Waals surface area contributed by atoms with Crippen molar-refractivity contribution >= 4 is 55.8 Å². The first-order valence-corrected chi connectivity index (χ1v) is 11.2. The van der Waals surface area contributed by atoms with E-state index < -0.39 is 0 Å². The molecule has 0 saturated carbocycles. The Labute approximate surface area is 175 Å². The van der Waals surface area contributed by atoms with Gasteiger partial charge in [0, 0.05) is 31.7 Å². The number of ether oxygens (including phenoxy) is 1. The van der Waals surface area contributed by atoms with Crippen LogP contribution in [-0.2, 0) is 14.3 Å². The van der Waals surface area contributed by atoms with E-state index in [-0.39, 0.29) is 30.2 Å². The van der Waals surface area contributed by atoms with E-state index in [1.807, 2.05) is 22.0 Å². The van der Waals surface area contributed by atoms with Crippen molar-refractivity contribution in [2.45, 2.75) is 19.8 Å². The molecule has 3 aromatic heterocycles. The van der Waals surface area contributed by atoms with Gasteiger partial charge in [-0.15, -0.1) is 22.7 Å². The number of carbonyl (C=O) groups excluding carboxylic acids is 3. The van der Waals surface area contributed by atoms with Crippen LogP contribution in [0.3, 0.4) is 0 Å². The zero-order valence-corrected chi connectivity index (χ0v) is 17.9. The number of hydrogen-bond donors (Lipinski definition) is 0. The van der Waals surface area contributed by atoms with Crippen LogP contribution in [0.2, 0.25) is 0 Å². The largest absolute Gasteiger partial charge is 0.466 e. The molecular formula is C19H22N4O4S2. The summed E-state index contributed by atoms with van der Waals surface area (Å²) in [5, 5.41) is 1.96. The number of likely N-dealkylation sites (tertiary alicyclic amines) is 1. The van der Waals surface area contributed by atoms with Gasteiger partial charge in [0.05, 0.1) is 29.5 Å². The third-order valence-electron chi connectivity index (χ3n) is 5.14. The molecule has 154 valence electrons. The maximum Gasteiger partial charge on any atom is 0.309 e. The van der Waals surface area contributed by atoms with E-state index in [1.54, 1.807) is 30.2 Å². The lowest BCUT2D eigenvalue weighted by atomic mass is 9.97. The van der Waals surface area contributed by atoms with Gasteiger partial charge in [-0.25, -0.2) is 4.98 Å². The average Bonchev–Trinajstić information content (AvgIpc) is 3.40. The molecule has 1 fully saturated rings. The number of hydrogen-bond acceptors (Lipinski definition) is 7. The summed E-state index contributed by atoms with van der Waals surface area (Å²) in [5.74, 6) is -0.622. The van der Waals surface area contributed by atoms with Gasteiger partial charge in [-0.1, -0.05) is 0 Å². The highest BCUT2D eigenvalue weighted by Crippen LogP contribution is 2.29. The molecule has 2 amide bonds. The summed E-state index contributed by atoms with van der Waals surface area (Å²) in [7, 11) is 1.64. The molecule has 0 N–H and O–H groups in total. The van der Waals surface area contributed by atoms with E-state index in [2.05, 4.69) is 4.98 Å². The lowest BCUT2D eigenvalue weighted by molar-refractivity contribution is -0.151. The molecule has 0 aromatic carbocycles. The minimum atomic E-state index is -0.188. The van der Waals surface area contributed by atoms with Crippen LogP contribution in [0.4, 0.5) is 0 Å². The van der Waals surface area contributed by atoms with Crippen molar-refractivity contribution in [3.63, 3.8) is 0 Å². The Morgan fingerprint density at radius 2 is 2.07 bits per heavy atom. The van der Waals surface area contributed by atoms with Gasteiger partial charge < -0.3 is 14.5 Å². The number of esters is 1. The molecule has 4 rings (SSSR count). The van der Waals surface area contributed by atoms with Crippen LogP contribution in [0.5, 0.6) is 0 Å². The number of carbonyl (C=O) groups is 3. The second-order valence-corrected chi connectivity index (χ2v) is 8.94. The molecule has 0 aliphatic carbocycles. The van der Waals surface area contributed by atoms with Crippen molar-refractivity contribution in [3.05, 3.63) is 22.5 Å². The average molecular weight is 435 g/mol. The van der Waals surface area contributed by atoms with Crippen LogP contribution < -0.4 is 0 Å². The number of thiophene rings is 1. The molecule has 1 aliphatic rings. The number of amides is 2. The second-order valence-electron chi connectivity index (χ2n) is 7.04. The monoisotopic (exact) mass is 434 g/mol. The Kier molecular flexibility index (Phi) is 5.55. The van der Waals surface area contributed by atoms with Gasteiger partial charge in [-0.05, 0) is 25.8 Å². The van der Waals surface area contributed by atoms with Gasteiger partial charge in [0.2, 0.25) is 5.91 Å². The van der Waals surface area contributed by atoms with Crippen LogP contribution in [0.15, 0.2) is 17.6 Å². The number of aromatic nitrogens is 2. The number of imidazole rings is 1. The normalized spacial score (nSPS) is 15.2. The zero-order chi connectivity index (χ0) is 20.5. The van der Waals surface area contributed by atoms with Gasteiger partial charge >= 0.3 is 5.97 Å². The second kappa shape index (κ2) is 8.11. The highest BCUT2D eigenvalue weighted by Gasteiger charge is 2.29. The first-order chi connectivity index (χ1) is 14.0. The quantitative estimate of drug-likeness (QED) is 0.576. The van der Waals surface area contributed by atoms with Crippen LogP contribution in [0.1, 0.15) is 29.4 Å². The van der Waals surface area contributed by atoms with Gasteiger partial charge in [0.1, 0.15) is 4.83 Å². The predicted molar refractivity (Wildman–Crippen MR) is 111 cm³/mol. The zero-order valence-electron chi connectivity index (χ0n) is 16.3. The Bertz CT molecular complexity index is 1060. The summed E-state index contributed by atoms with van der Waals surface area (Å²) in [6.07, 6.45) is 3.13. The van der Waals surface area contributed by atoms with Gasteiger partial charge in [-0.2, -0.15) is 0 Å². The van der Waals surface area contributed by atoms with E-state index in [0.717, 1.165) is 15.3 Å². The molecule has 1 aliphatic heterocycles. The summed E-state index contributed by atoms with van der Waals surface area (Å²) in [6.45, 7) is 3.19. The maximum atomic E-state index is 12.8. The van der Waals surface area contributed by atoms with Gasteiger partial charge in [0.25, 0.3) is 5.91 Å². The van der Waals surface area contributed by atoms with E-state index >= 15 is 0 Å². The van der Waals surface area contributed by atoms with E-state index in [4.69, 9.17) is 4.74 Å². The topological polar surface area (TPSA) is 84.2 Å². The van der Waals surface area contributed by atoms with Crippen LogP contribution >= 0.6 is 22.7 Å². The number of nitrogens with zero attached hydrogens (tertiary/aromatic N) is 4. The van der Waals surface area contributed by atoms with E-state index in [9.17, 15) is 14.4 Å². The molecule has 10 heteroatoms. The summed E-state index contributed by atoms with van der Waals surface area (Å²) in [5.41, 5.74) is 0.912. The SMILES string of the molecule is CCOC(=O)C1CCN(C(=O)CN(C)C(=O)c2cc3c(nc4sccn43)s2)CC1. The Morgan fingerprint density at radius 1 is 1.31 bits per heavy atom. The first kappa shape index (κ1) is 19.8. The van der Waals surface area contributed by atoms with E-state index in [0.29, 0.717) is 37.4 Å². The molecule has 4 heterocycles. The fourth-order valence-corrected chi connectivity index (χ4v) is 5.34. The number of likely N-dealkylation sites (N-methyl/N-ethyl adjacent to an activating group) is 1. The number of thiazole rings is 1. The molecule has 0 atom stereocenters. The molecular weight excluding hydrogens is 412 g/mol. The van der Waals surface area contributed by atoms with Crippen molar-refractivity contribution in [1.82, 2.24) is 19.2 Å². The third-order valence-corrected chi connectivity index (χ3v) is 6.90. The standard InChI is InChI=1S/C19H22N4O4S2/c1-3-27-18(26)12-4-6-22(7-5-12)15(24)11-21(2)17(25)14-10-13-16(29-14)20-19-23(13)8-9-28-19/h8-10,12H,3-7,11H2,1-2H3.